The van der Waals surface area contributed by atoms with E-state index in [9.17, 15) is 27.6 Å². The zero-order valence-corrected chi connectivity index (χ0v) is 20.5. The third-order valence-corrected chi connectivity index (χ3v) is 6.58. The molecule has 1 fully saturated rings. The van der Waals surface area contributed by atoms with E-state index in [1.165, 1.54) is 0 Å². The number of halogens is 3. The summed E-state index contributed by atoms with van der Waals surface area (Å²) in [5.74, 6) is -1.13. The Morgan fingerprint density at radius 3 is 2.43 bits per heavy atom. The summed E-state index contributed by atoms with van der Waals surface area (Å²) in [6.07, 6.45) is 0.942. The highest BCUT2D eigenvalue weighted by Crippen LogP contribution is 2.32. The first-order chi connectivity index (χ1) is 17.6. The average molecular weight is 516 g/mol. The number of hydrogen-bond acceptors (Lipinski definition) is 4. The molecule has 1 aromatic carbocycles. The van der Waals surface area contributed by atoms with Crippen LogP contribution in [0.3, 0.4) is 0 Å². The summed E-state index contributed by atoms with van der Waals surface area (Å²) in [5.41, 5.74) is 0.0980. The van der Waals surface area contributed by atoms with Crippen LogP contribution in [0.1, 0.15) is 65.4 Å². The summed E-state index contributed by atoms with van der Waals surface area (Å²) >= 11 is 0. The molecule has 2 aromatic heterocycles. The SMILES string of the molecule is CCNC(=O)c1c(NC(=O)c2ccc(C(F)(F)F)cn2)[nH]c2cc(N(C)C(=O)C3CCCCC3)ccc12. The Bertz CT molecular complexity index is 1310. The van der Waals surface area contributed by atoms with Crippen molar-refractivity contribution < 1.29 is 27.6 Å². The van der Waals surface area contributed by atoms with E-state index in [0.29, 0.717) is 29.3 Å². The highest BCUT2D eigenvalue weighted by atomic mass is 19.4. The van der Waals surface area contributed by atoms with Gasteiger partial charge in [0.15, 0.2) is 0 Å². The molecule has 1 aliphatic carbocycles. The van der Waals surface area contributed by atoms with Gasteiger partial charge in [-0.05, 0) is 50.1 Å². The molecular weight excluding hydrogens is 487 g/mol. The largest absolute Gasteiger partial charge is 0.417 e. The molecule has 0 aliphatic heterocycles. The van der Waals surface area contributed by atoms with E-state index in [4.69, 9.17) is 0 Å². The van der Waals surface area contributed by atoms with Crippen molar-refractivity contribution in [1.29, 1.82) is 0 Å². The fourth-order valence-corrected chi connectivity index (χ4v) is 4.60. The number of rotatable bonds is 6. The number of carbonyl (C=O) groups is 3. The van der Waals surface area contributed by atoms with Gasteiger partial charge >= 0.3 is 6.18 Å². The number of alkyl halides is 3. The summed E-state index contributed by atoms with van der Waals surface area (Å²) < 4.78 is 38.5. The predicted molar refractivity (Wildman–Crippen MR) is 133 cm³/mol. The second-order valence-electron chi connectivity index (χ2n) is 9.08. The van der Waals surface area contributed by atoms with E-state index in [0.717, 1.165) is 44.2 Å². The number of pyridine rings is 1. The smallest absolute Gasteiger partial charge is 0.352 e. The van der Waals surface area contributed by atoms with Crippen LogP contribution in [0.4, 0.5) is 24.7 Å². The number of amides is 3. The molecule has 37 heavy (non-hydrogen) atoms. The molecule has 3 N–H and O–H groups in total. The summed E-state index contributed by atoms with van der Waals surface area (Å²) in [4.78, 5) is 46.9. The number of nitrogens with one attached hydrogen (secondary N) is 3. The van der Waals surface area contributed by atoms with Crippen molar-refractivity contribution in [2.75, 3.05) is 23.8 Å². The lowest BCUT2D eigenvalue weighted by atomic mass is 9.88. The van der Waals surface area contributed by atoms with Gasteiger partial charge in [-0.3, -0.25) is 19.4 Å². The molecule has 0 saturated heterocycles. The monoisotopic (exact) mass is 515 g/mol. The highest BCUT2D eigenvalue weighted by Gasteiger charge is 2.31. The average Bonchev–Trinajstić information content (AvgIpc) is 3.25. The lowest BCUT2D eigenvalue weighted by Gasteiger charge is -2.26. The van der Waals surface area contributed by atoms with Crippen molar-refractivity contribution >= 4 is 40.1 Å². The van der Waals surface area contributed by atoms with E-state index in [1.54, 1.807) is 37.1 Å². The standard InChI is InChI=1S/C26H28F3N5O3/c1-3-30-24(36)21-18-11-10-17(34(2)25(37)15-7-5-4-6-8-15)13-20(18)32-22(21)33-23(35)19-12-9-16(14-31-19)26(27,28)29/h9-15,32H,3-8H2,1-2H3,(H,30,36)(H,33,35). The molecule has 1 saturated carbocycles. The molecule has 0 radical (unpaired) electrons. The van der Waals surface area contributed by atoms with Crippen LogP contribution in [0, 0.1) is 5.92 Å². The second-order valence-corrected chi connectivity index (χ2v) is 9.08. The Morgan fingerprint density at radius 2 is 1.81 bits per heavy atom. The van der Waals surface area contributed by atoms with E-state index in [1.807, 2.05) is 0 Å². The minimum atomic E-state index is -4.58. The van der Waals surface area contributed by atoms with Gasteiger partial charge in [0.05, 0.1) is 11.1 Å². The minimum Gasteiger partial charge on any atom is -0.352 e. The van der Waals surface area contributed by atoms with Crippen molar-refractivity contribution in [3.05, 3.63) is 53.3 Å². The van der Waals surface area contributed by atoms with Crippen LogP contribution in [-0.2, 0) is 11.0 Å². The highest BCUT2D eigenvalue weighted by molar-refractivity contribution is 6.15. The molecule has 0 atom stereocenters. The summed E-state index contributed by atoms with van der Waals surface area (Å²) in [7, 11) is 1.71. The van der Waals surface area contributed by atoms with Gasteiger partial charge in [0.2, 0.25) is 5.91 Å². The van der Waals surface area contributed by atoms with Gasteiger partial charge in [-0.1, -0.05) is 19.3 Å². The van der Waals surface area contributed by atoms with Gasteiger partial charge in [-0.2, -0.15) is 13.2 Å². The van der Waals surface area contributed by atoms with Gasteiger partial charge in [0, 0.05) is 42.3 Å². The molecule has 3 amide bonds. The van der Waals surface area contributed by atoms with Gasteiger partial charge < -0.3 is 20.5 Å². The zero-order valence-electron chi connectivity index (χ0n) is 20.5. The van der Waals surface area contributed by atoms with Crippen molar-refractivity contribution in [2.24, 2.45) is 5.92 Å². The molecule has 2 heterocycles. The van der Waals surface area contributed by atoms with Gasteiger partial charge in [0.25, 0.3) is 11.8 Å². The Hall–Kier alpha value is -3.89. The molecule has 0 unspecified atom stereocenters. The quantitative estimate of drug-likeness (QED) is 0.423. The van der Waals surface area contributed by atoms with Crippen LogP contribution in [0.2, 0.25) is 0 Å². The maximum atomic E-state index is 13.0. The molecule has 1 aliphatic rings. The van der Waals surface area contributed by atoms with E-state index in [2.05, 4.69) is 20.6 Å². The number of nitrogens with zero attached hydrogens (tertiary/aromatic N) is 2. The van der Waals surface area contributed by atoms with Gasteiger partial charge in [0.1, 0.15) is 11.5 Å². The van der Waals surface area contributed by atoms with Crippen molar-refractivity contribution in [3.63, 3.8) is 0 Å². The second kappa shape index (κ2) is 10.6. The van der Waals surface area contributed by atoms with Crippen molar-refractivity contribution in [1.82, 2.24) is 15.3 Å². The van der Waals surface area contributed by atoms with E-state index in [-0.39, 0.29) is 28.9 Å². The molecule has 3 aromatic rings. The molecular formula is C26H28F3N5O3. The lowest BCUT2D eigenvalue weighted by molar-refractivity contribution is -0.137. The number of anilines is 2. The van der Waals surface area contributed by atoms with Crippen LogP contribution < -0.4 is 15.5 Å². The summed E-state index contributed by atoms with van der Waals surface area (Å²) in [5, 5.41) is 5.78. The fraction of sp³-hybridized carbons (Fsp3) is 0.385. The molecule has 0 bridgehead atoms. The number of hydrogen-bond donors (Lipinski definition) is 3. The Labute approximate surface area is 211 Å². The van der Waals surface area contributed by atoms with Crippen LogP contribution in [-0.4, -0.2) is 41.3 Å². The van der Waals surface area contributed by atoms with E-state index >= 15 is 0 Å². The summed E-state index contributed by atoms with van der Waals surface area (Å²) in [6, 6.07) is 6.90. The van der Waals surface area contributed by atoms with Crippen molar-refractivity contribution in [2.45, 2.75) is 45.2 Å². The van der Waals surface area contributed by atoms with Crippen LogP contribution in [0.25, 0.3) is 10.9 Å². The number of fused-ring (bicyclic) bond motifs is 1. The first-order valence-electron chi connectivity index (χ1n) is 12.2. The zero-order chi connectivity index (χ0) is 26.7. The normalized spacial score (nSPS) is 14.4. The number of H-pyrrole nitrogens is 1. The fourth-order valence-electron chi connectivity index (χ4n) is 4.60. The van der Waals surface area contributed by atoms with Crippen LogP contribution >= 0.6 is 0 Å². The third kappa shape index (κ3) is 5.60. The van der Waals surface area contributed by atoms with Gasteiger partial charge in [-0.25, -0.2) is 0 Å². The van der Waals surface area contributed by atoms with E-state index < -0.39 is 23.6 Å². The first kappa shape index (κ1) is 26.2. The number of aromatic nitrogens is 2. The minimum absolute atomic E-state index is 0.0185. The third-order valence-electron chi connectivity index (χ3n) is 6.58. The number of benzene rings is 1. The maximum Gasteiger partial charge on any atom is 0.417 e. The predicted octanol–water partition coefficient (Wildman–Crippen LogP) is 5.13. The van der Waals surface area contributed by atoms with Gasteiger partial charge in [-0.15, -0.1) is 0 Å². The Balaban J connectivity index is 1.64. The summed E-state index contributed by atoms with van der Waals surface area (Å²) in [6.45, 7) is 2.09. The molecule has 11 heteroatoms. The number of aromatic amines is 1. The first-order valence-corrected chi connectivity index (χ1v) is 12.2. The van der Waals surface area contributed by atoms with Crippen molar-refractivity contribution in [3.8, 4) is 0 Å². The van der Waals surface area contributed by atoms with Crippen LogP contribution in [0.15, 0.2) is 36.5 Å². The topological polar surface area (TPSA) is 107 Å². The number of carbonyl (C=O) groups excluding carboxylic acids is 3. The van der Waals surface area contributed by atoms with Crippen LogP contribution in [0.5, 0.6) is 0 Å². The maximum absolute atomic E-state index is 13.0. The molecule has 196 valence electrons. The molecule has 0 spiro atoms. The lowest BCUT2D eigenvalue weighted by Crippen LogP contribution is -2.33. The Morgan fingerprint density at radius 1 is 1.08 bits per heavy atom. The molecule has 8 nitrogen and oxygen atoms in total. The molecule has 4 rings (SSSR count). The Kier molecular flexibility index (Phi) is 7.51.